The van der Waals surface area contributed by atoms with Gasteiger partial charge in [0, 0.05) is 24.5 Å². The minimum Gasteiger partial charge on any atom is -0.479 e. The van der Waals surface area contributed by atoms with Gasteiger partial charge in [0.15, 0.2) is 5.54 Å². The summed E-state index contributed by atoms with van der Waals surface area (Å²) in [7, 11) is 0. The first kappa shape index (κ1) is 17.5. The Kier molecular flexibility index (Phi) is 5.56. The van der Waals surface area contributed by atoms with Crippen LogP contribution in [-0.4, -0.2) is 33.1 Å². The van der Waals surface area contributed by atoms with Crippen molar-refractivity contribution in [2.75, 3.05) is 0 Å². The summed E-state index contributed by atoms with van der Waals surface area (Å²) in [5, 5.41) is 9.44. The second kappa shape index (κ2) is 7.62. The lowest BCUT2D eigenvalue weighted by Gasteiger charge is -2.25. The molecular formula is C16H18N4O4. The van der Waals surface area contributed by atoms with Crippen LogP contribution in [0.2, 0.25) is 0 Å². The number of hydrogen-bond acceptors (Lipinski definition) is 7. The molecule has 0 saturated carbocycles. The number of aromatic nitrogens is 2. The van der Waals surface area contributed by atoms with Crippen molar-refractivity contribution in [1.82, 2.24) is 15.4 Å². The number of carbonyl (C=O) groups is 2. The van der Waals surface area contributed by atoms with Gasteiger partial charge in [-0.2, -0.15) is 0 Å². The molecule has 2 aromatic heterocycles. The van der Waals surface area contributed by atoms with Crippen LogP contribution in [0.3, 0.4) is 0 Å². The molecule has 0 aliphatic heterocycles. The maximum Gasteiger partial charge on any atom is 0.342 e. The van der Waals surface area contributed by atoms with Crippen molar-refractivity contribution in [3.8, 4) is 0 Å². The van der Waals surface area contributed by atoms with Crippen LogP contribution >= 0.6 is 0 Å². The molecule has 2 atom stereocenters. The van der Waals surface area contributed by atoms with Gasteiger partial charge in [-0.1, -0.05) is 12.1 Å². The van der Waals surface area contributed by atoms with Gasteiger partial charge in [0.05, 0.1) is 5.69 Å². The van der Waals surface area contributed by atoms with Gasteiger partial charge >= 0.3 is 11.9 Å². The van der Waals surface area contributed by atoms with E-state index in [0.29, 0.717) is 5.69 Å². The number of pyridine rings is 2. The second-order valence-electron chi connectivity index (χ2n) is 5.30. The molecule has 2 aromatic rings. The lowest BCUT2D eigenvalue weighted by Crippen LogP contribution is -2.50. The van der Waals surface area contributed by atoms with E-state index in [1.54, 1.807) is 36.5 Å². The van der Waals surface area contributed by atoms with E-state index in [2.05, 4.69) is 15.4 Å². The molecule has 0 fully saturated rings. The van der Waals surface area contributed by atoms with Crippen LogP contribution in [-0.2, 0) is 26.4 Å². The largest absolute Gasteiger partial charge is 0.479 e. The van der Waals surface area contributed by atoms with E-state index in [1.165, 1.54) is 19.2 Å². The van der Waals surface area contributed by atoms with Crippen molar-refractivity contribution >= 4 is 11.9 Å². The number of hydrogen-bond donors (Lipinski definition) is 3. The number of nitrogens with one attached hydrogen (secondary N) is 1. The predicted molar refractivity (Wildman–Crippen MR) is 84.4 cm³/mol. The normalized spacial score (nSPS) is 14.4. The van der Waals surface area contributed by atoms with E-state index >= 15 is 0 Å². The number of rotatable bonds is 7. The van der Waals surface area contributed by atoms with Crippen molar-refractivity contribution in [2.45, 2.75) is 24.9 Å². The monoisotopic (exact) mass is 330 g/mol. The van der Waals surface area contributed by atoms with Crippen LogP contribution in [0, 0.1) is 0 Å². The fourth-order valence-corrected chi connectivity index (χ4v) is 1.92. The molecule has 2 heterocycles. The summed E-state index contributed by atoms with van der Waals surface area (Å²) in [5.41, 5.74) is 7.18. The molecular weight excluding hydrogens is 312 g/mol. The predicted octanol–water partition coefficient (Wildman–Crippen LogP) is 0.394. The van der Waals surface area contributed by atoms with E-state index in [0.717, 1.165) is 0 Å². The maximum absolute atomic E-state index is 12.0. The molecule has 8 nitrogen and oxygen atoms in total. The first-order valence-corrected chi connectivity index (χ1v) is 7.21. The molecule has 0 bridgehead atoms. The fourth-order valence-electron chi connectivity index (χ4n) is 1.92. The van der Waals surface area contributed by atoms with E-state index in [1.807, 2.05) is 0 Å². The van der Waals surface area contributed by atoms with Gasteiger partial charge in [-0.05, 0) is 31.2 Å². The van der Waals surface area contributed by atoms with E-state index in [4.69, 9.17) is 10.6 Å². The zero-order valence-corrected chi connectivity index (χ0v) is 13.0. The van der Waals surface area contributed by atoms with Crippen LogP contribution in [0.1, 0.15) is 18.3 Å². The molecule has 126 valence electrons. The minimum absolute atomic E-state index is 0.175. The molecule has 0 saturated heterocycles. The average Bonchev–Trinajstić information content (AvgIpc) is 2.60. The molecule has 0 aliphatic carbocycles. The Balaban J connectivity index is 2.01. The molecule has 0 spiro atoms. The third-order valence-electron chi connectivity index (χ3n) is 3.42. The lowest BCUT2D eigenvalue weighted by atomic mass is 9.99. The average molecular weight is 330 g/mol. The van der Waals surface area contributed by atoms with Crippen molar-refractivity contribution in [2.24, 2.45) is 5.73 Å². The second-order valence-corrected chi connectivity index (χ2v) is 5.30. The van der Waals surface area contributed by atoms with Crippen LogP contribution in [0.15, 0.2) is 48.8 Å². The Labute approximate surface area is 138 Å². The first-order chi connectivity index (χ1) is 11.4. The quantitative estimate of drug-likeness (QED) is 0.622. The Bertz CT molecular complexity index is 696. The summed E-state index contributed by atoms with van der Waals surface area (Å²) in [5.74, 6) is -2.03. The summed E-state index contributed by atoms with van der Waals surface area (Å²) in [4.78, 5) is 36.5. The minimum atomic E-state index is -1.69. The Morgan fingerprint density at radius 3 is 2.46 bits per heavy atom. The molecule has 0 radical (unpaired) electrons. The molecule has 0 unspecified atom stereocenters. The molecule has 4 N–H and O–H groups in total. The third kappa shape index (κ3) is 4.12. The van der Waals surface area contributed by atoms with Crippen LogP contribution < -0.4 is 11.2 Å². The number of nitrogens with zero attached hydrogens (tertiary/aromatic N) is 2. The van der Waals surface area contributed by atoms with Gasteiger partial charge in [-0.3, -0.25) is 9.97 Å². The summed E-state index contributed by atoms with van der Waals surface area (Å²) in [6.45, 7) is 1.34. The van der Waals surface area contributed by atoms with Crippen LogP contribution in [0.25, 0.3) is 0 Å². The Morgan fingerprint density at radius 2 is 1.92 bits per heavy atom. The zero-order valence-electron chi connectivity index (χ0n) is 13.0. The number of carboxylic acid groups (broad SMARTS) is 1. The standard InChI is InChI=1S/C16H18N4O4/c1-16(15(22)23,13-7-3-5-9-19-13)20-24-14(21)12(17)10-11-6-2-4-8-18-11/h2-9,12,20H,10,17H2,1H3,(H,22,23)/t12-,16+/m0/s1. The smallest absolute Gasteiger partial charge is 0.342 e. The molecule has 2 rings (SSSR count). The highest BCUT2D eigenvalue weighted by atomic mass is 16.7. The Hall–Kier alpha value is -2.84. The van der Waals surface area contributed by atoms with E-state index in [-0.39, 0.29) is 12.1 Å². The number of carbonyl (C=O) groups excluding carboxylic acids is 1. The molecule has 0 aliphatic rings. The lowest BCUT2D eigenvalue weighted by molar-refractivity contribution is -0.166. The zero-order chi connectivity index (χ0) is 17.6. The third-order valence-corrected chi connectivity index (χ3v) is 3.42. The SMILES string of the molecule is C[C@](NOC(=O)[C@@H](N)Cc1ccccn1)(C(=O)O)c1ccccn1. The van der Waals surface area contributed by atoms with Crippen molar-refractivity contribution < 1.29 is 19.5 Å². The van der Waals surface area contributed by atoms with Crippen molar-refractivity contribution in [3.63, 3.8) is 0 Å². The van der Waals surface area contributed by atoms with Gasteiger partial charge in [0.1, 0.15) is 6.04 Å². The molecule has 0 amide bonds. The summed E-state index contributed by atoms with van der Waals surface area (Å²) in [6.07, 6.45) is 3.22. The molecule has 24 heavy (non-hydrogen) atoms. The highest BCUT2D eigenvalue weighted by Gasteiger charge is 2.38. The first-order valence-electron chi connectivity index (χ1n) is 7.21. The number of hydroxylamine groups is 1. The van der Waals surface area contributed by atoms with Crippen LogP contribution in [0.5, 0.6) is 0 Å². The van der Waals surface area contributed by atoms with Gasteiger partial charge in [0.25, 0.3) is 0 Å². The maximum atomic E-state index is 12.0. The summed E-state index contributed by atoms with van der Waals surface area (Å²) in [6, 6.07) is 9.09. The number of carboxylic acids is 1. The summed E-state index contributed by atoms with van der Waals surface area (Å²) < 4.78 is 0. The van der Waals surface area contributed by atoms with Crippen LogP contribution in [0.4, 0.5) is 0 Å². The van der Waals surface area contributed by atoms with E-state index in [9.17, 15) is 14.7 Å². The summed E-state index contributed by atoms with van der Waals surface area (Å²) >= 11 is 0. The highest BCUT2D eigenvalue weighted by Crippen LogP contribution is 2.18. The molecule has 8 heteroatoms. The van der Waals surface area contributed by atoms with Gasteiger partial charge in [0.2, 0.25) is 0 Å². The van der Waals surface area contributed by atoms with E-state index < -0.39 is 23.5 Å². The van der Waals surface area contributed by atoms with Gasteiger partial charge in [-0.15, -0.1) is 5.48 Å². The number of aliphatic carboxylic acids is 1. The van der Waals surface area contributed by atoms with Crippen molar-refractivity contribution in [3.05, 3.63) is 60.2 Å². The number of nitrogens with two attached hydrogens (primary N) is 1. The fraction of sp³-hybridized carbons (Fsp3) is 0.250. The molecule has 0 aromatic carbocycles. The topological polar surface area (TPSA) is 127 Å². The Morgan fingerprint density at radius 1 is 1.25 bits per heavy atom. The van der Waals surface area contributed by atoms with Gasteiger partial charge < -0.3 is 15.7 Å². The highest BCUT2D eigenvalue weighted by molar-refractivity contribution is 5.80. The van der Waals surface area contributed by atoms with Gasteiger partial charge in [-0.25, -0.2) is 9.59 Å². The van der Waals surface area contributed by atoms with Crippen molar-refractivity contribution in [1.29, 1.82) is 0 Å².